The number of nitrogens with two attached hydrogens (primary N) is 1. The number of aliphatic hydroxyl groups is 1. The van der Waals surface area contributed by atoms with Gasteiger partial charge >= 0.3 is 0 Å². The summed E-state index contributed by atoms with van der Waals surface area (Å²) in [7, 11) is 0. The minimum atomic E-state index is -0.173. The maximum absolute atomic E-state index is 11.9. The molecule has 0 spiro atoms. The molecule has 4 N–H and O–H groups in total. The van der Waals surface area contributed by atoms with Crippen LogP contribution in [-0.4, -0.2) is 29.2 Å². The van der Waals surface area contributed by atoms with E-state index in [9.17, 15) is 9.90 Å². The van der Waals surface area contributed by atoms with Gasteiger partial charge in [-0.1, -0.05) is 12.2 Å². The molecule has 2 unspecified atom stereocenters. The third-order valence-corrected chi connectivity index (χ3v) is 3.50. The Labute approximate surface area is 95.9 Å². The van der Waals surface area contributed by atoms with Crippen molar-refractivity contribution in [1.82, 2.24) is 5.32 Å². The van der Waals surface area contributed by atoms with Crippen LogP contribution in [0.15, 0.2) is 12.2 Å². The van der Waals surface area contributed by atoms with Gasteiger partial charge in [-0.15, -0.1) is 0 Å². The smallest absolute Gasteiger partial charge is 0.227 e. The molecule has 0 aromatic rings. The Kier molecular flexibility index (Phi) is 3.61. The van der Waals surface area contributed by atoms with E-state index in [0.29, 0.717) is 0 Å². The summed E-state index contributed by atoms with van der Waals surface area (Å²) in [6, 6.07) is 0.269. The first-order chi connectivity index (χ1) is 7.65. The molecule has 0 heterocycles. The van der Waals surface area contributed by atoms with E-state index < -0.39 is 0 Å². The molecule has 90 valence electrons. The summed E-state index contributed by atoms with van der Waals surface area (Å²) in [5, 5.41) is 12.4. The minimum absolute atomic E-state index is 0.0314. The van der Waals surface area contributed by atoms with Crippen molar-refractivity contribution in [2.75, 3.05) is 0 Å². The van der Waals surface area contributed by atoms with E-state index in [4.69, 9.17) is 5.73 Å². The van der Waals surface area contributed by atoms with E-state index in [1.54, 1.807) is 0 Å². The van der Waals surface area contributed by atoms with Gasteiger partial charge in [0.05, 0.1) is 12.0 Å². The Morgan fingerprint density at radius 1 is 1.25 bits per heavy atom. The zero-order chi connectivity index (χ0) is 11.5. The third kappa shape index (κ3) is 2.83. The van der Waals surface area contributed by atoms with Gasteiger partial charge < -0.3 is 16.2 Å². The summed E-state index contributed by atoms with van der Waals surface area (Å²) in [6.45, 7) is 0. The van der Waals surface area contributed by atoms with Gasteiger partial charge in [-0.3, -0.25) is 4.79 Å². The summed E-state index contributed by atoms with van der Waals surface area (Å²) in [5.41, 5.74) is 5.71. The molecule has 0 aliphatic heterocycles. The Balaban J connectivity index is 1.77. The van der Waals surface area contributed by atoms with Crippen molar-refractivity contribution in [2.24, 2.45) is 11.7 Å². The second kappa shape index (κ2) is 4.97. The second-order valence-electron chi connectivity index (χ2n) is 4.90. The third-order valence-electron chi connectivity index (χ3n) is 3.50. The van der Waals surface area contributed by atoms with Crippen molar-refractivity contribution in [3.05, 3.63) is 12.2 Å². The Morgan fingerprint density at radius 3 is 2.50 bits per heavy atom. The highest BCUT2D eigenvalue weighted by atomic mass is 16.3. The lowest BCUT2D eigenvalue weighted by atomic mass is 9.92. The molecule has 2 rings (SSSR count). The first kappa shape index (κ1) is 11.6. The van der Waals surface area contributed by atoms with E-state index in [1.807, 2.05) is 12.2 Å². The zero-order valence-corrected chi connectivity index (χ0v) is 9.43. The highest BCUT2D eigenvalue weighted by Gasteiger charge is 2.26. The van der Waals surface area contributed by atoms with Crippen LogP contribution in [0.3, 0.4) is 0 Å². The van der Waals surface area contributed by atoms with Crippen LogP contribution in [0, 0.1) is 5.92 Å². The molecule has 1 saturated carbocycles. The molecule has 4 nitrogen and oxygen atoms in total. The number of rotatable bonds is 2. The Hall–Kier alpha value is -0.870. The van der Waals surface area contributed by atoms with Crippen molar-refractivity contribution in [3.8, 4) is 0 Å². The van der Waals surface area contributed by atoms with Crippen LogP contribution in [-0.2, 0) is 4.79 Å². The maximum Gasteiger partial charge on any atom is 0.227 e. The van der Waals surface area contributed by atoms with Crippen molar-refractivity contribution < 1.29 is 9.90 Å². The lowest BCUT2D eigenvalue weighted by molar-refractivity contribution is -0.124. The fraction of sp³-hybridized carbons (Fsp3) is 0.750. The van der Waals surface area contributed by atoms with E-state index in [0.717, 1.165) is 32.1 Å². The number of nitrogens with one attached hydrogen (secondary N) is 1. The molecule has 1 fully saturated rings. The lowest BCUT2D eigenvalue weighted by Crippen LogP contribution is -2.41. The average molecular weight is 224 g/mol. The first-order valence-electron chi connectivity index (χ1n) is 6.07. The topological polar surface area (TPSA) is 75.4 Å². The fourth-order valence-corrected chi connectivity index (χ4v) is 2.45. The number of carbonyl (C=O) groups excluding carboxylic acids is 1. The average Bonchev–Trinajstić information content (AvgIpc) is 2.68. The molecule has 0 saturated heterocycles. The van der Waals surface area contributed by atoms with Crippen molar-refractivity contribution >= 4 is 5.91 Å². The summed E-state index contributed by atoms with van der Waals surface area (Å²) < 4.78 is 0. The number of amides is 1. The highest BCUT2D eigenvalue weighted by Crippen LogP contribution is 2.21. The lowest BCUT2D eigenvalue weighted by Gasteiger charge is -2.27. The molecule has 2 atom stereocenters. The molecular formula is C12H20N2O2. The molecular weight excluding hydrogens is 204 g/mol. The van der Waals surface area contributed by atoms with Gasteiger partial charge in [0.25, 0.3) is 0 Å². The molecule has 2 aliphatic carbocycles. The second-order valence-corrected chi connectivity index (χ2v) is 4.90. The Morgan fingerprint density at radius 2 is 1.94 bits per heavy atom. The first-order valence-corrected chi connectivity index (χ1v) is 6.07. The molecule has 2 aliphatic rings. The minimum Gasteiger partial charge on any atom is -0.393 e. The van der Waals surface area contributed by atoms with Crippen LogP contribution in [0.25, 0.3) is 0 Å². The van der Waals surface area contributed by atoms with Crippen LogP contribution in [0.4, 0.5) is 0 Å². The zero-order valence-electron chi connectivity index (χ0n) is 9.43. The van der Waals surface area contributed by atoms with Crippen LogP contribution >= 0.6 is 0 Å². The molecule has 1 amide bonds. The monoisotopic (exact) mass is 224 g/mol. The highest BCUT2D eigenvalue weighted by molar-refractivity contribution is 5.81. The van der Waals surface area contributed by atoms with Gasteiger partial charge in [0.15, 0.2) is 0 Å². The predicted molar refractivity (Wildman–Crippen MR) is 61.6 cm³/mol. The number of hydrogen-bond acceptors (Lipinski definition) is 3. The standard InChI is InChI=1S/C12H20N2O2/c13-9-2-1-8(7-9)12(16)14-10-3-5-11(15)6-4-10/h1-2,8-11,15H,3-7,13H2,(H,14,16). The molecule has 4 heteroatoms. The van der Waals surface area contributed by atoms with E-state index >= 15 is 0 Å². The molecule has 0 aromatic heterocycles. The number of hydrogen-bond donors (Lipinski definition) is 3. The van der Waals surface area contributed by atoms with Gasteiger partial charge in [0, 0.05) is 12.1 Å². The van der Waals surface area contributed by atoms with Gasteiger partial charge in [-0.25, -0.2) is 0 Å². The van der Waals surface area contributed by atoms with E-state index in [2.05, 4.69) is 5.32 Å². The quantitative estimate of drug-likeness (QED) is 0.591. The SMILES string of the molecule is NC1C=CC(C(=O)NC2CCC(O)CC2)C1. The molecule has 0 bridgehead atoms. The van der Waals surface area contributed by atoms with Crippen molar-refractivity contribution in [3.63, 3.8) is 0 Å². The van der Waals surface area contributed by atoms with E-state index in [-0.39, 0.29) is 30.0 Å². The predicted octanol–water partition coefficient (Wildman–Crippen LogP) is 0.309. The summed E-state index contributed by atoms with van der Waals surface area (Å²) in [6.07, 6.45) is 7.71. The van der Waals surface area contributed by atoms with Gasteiger partial charge in [0.2, 0.25) is 5.91 Å². The number of aliphatic hydroxyl groups excluding tert-OH is 1. The summed E-state index contributed by atoms with van der Waals surface area (Å²) in [5.74, 6) is 0.0347. The summed E-state index contributed by atoms with van der Waals surface area (Å²) >= 11 is 0. The van der Waals surface area contributed by atoms with Gasteiger partial charge in [-0.05, 0) is 32.1 Å². The van der Waals surface area contributed by atoms with Gasteiger partial charge in [0.1, 0.15) is 0 Å². The van der Waals surface area contributed by atoms with E-state index in [1.165, 1.54) is 0 Å². The molecule has 16 heavy (non-hydrogen) atoms. The van der Waals surface area contributed by atoms with Crippen molar-refractivity contribution in [1.29, 1.82) is 0 Å². The van der Waals surface area contributed by atoms with Crippen LogP contribution in [0.2, 0.25) is 0 Å². The fourth-order valence-electron chi connectivity index (χ4n) is 2.45. The van der Waals surface area contributed by atoms with Crippen LogP contribution < -0.4 is 11.1 Å². The van der Waals surface area contributed by atoms with Crippen molar-refractivity contribution in [2.45, 2.75) is 50.3 Å². The normalized spacial score (nSPS) is 38.6. The molecule has 0 aromatic carbocycles. The largest absolute Gasteiger partial charge is 0.393 e. The van der Waals surface area contributed by atoms with Gasteiger partial charge in [-0.2, -0.15) is 0 Å². The Bertz CT molecular complexity index is 283. The molecule has 0 radical (unpaired) electrons. The van der Waals surface area contributed by atoms with Crippen LogP contribution in [0.1, 0.15) is 32.1 Å². The maximum atomic E-state index is 11.9. The summed E-state index contributed by atoms with van der Waals surface area (Å²) in [4.78, 5) is 11.9. The van der Waals surface area contributed by atoms with Crippen LogP contribution in [0.5, 0.6) is 0 Å². The number of carbonyl (C=O) groups is 1.